The lowest BCUT2D eigenvalue weighted by molar-refractivity contribution is -0.132. The van der Waals surface area contributed by atoms with Crippen LogP contribution in [0, 0.1) is 6.92 Å². The first kappa shape index (κ1) is 16.5. The van der Waals surface area contributed by atoms with Gasteiger partial charge in [0.05, 0.1) is 20.1 Å². The van der Waals surface area contributed by atoms with E-state index < -0.39 is 0 Å². The summed E-state index contributed by atoms with van der Waals surface area (Å²) in [5.41, 5.74) is 0.828. The molecule has 0 unspecified atom stereocenters. The topological polar surface area (TPSA) is 84.7 Å². The van der Waals surface area contributed by atoms with E-state index in [2.05, 4.69) is 10.5 Å². The number of carbonyl (C=O) groups is 2. The van der Waals surface area contributed by atoms with Gasteiger partial charge in [-0.2, -0.15) is 0 Å². The molecular formula is C16H19N3O4. The zero-order chi connectivity index (χ0) is 16.8. The summed E-state index contributed by atoms with van der Waals surface area (Å²) in [6, 6.07) is 8.87. The Kier molecular flexibility index (Phi) is 5.35. The van der Waals surface area contributed by atoms with E-state index in [1.807, 2.05) is 18.2 Å². The van der Waals surface area contributed by atoms with E-state index in [0.717, 1.165) is 5.56 Å². The van der Waals surface area contributed by atoms with Gasteiger partial charge in [0, 0.05) is 13.1 Å². The number of aryl methyl sites for hydroxylation is 1. The van der Waals surface area contributed by atoms with Gasteiger partial charge in [0.25, 0.3) is 0 Å². The summed E-state index contributed by atoms with van der Waals surface area (Å²) in [6.07, 6.45) is 0.198. The van der Waals surface area contributed by atoms with Crippen molar-refractivity contribution in [3.8, 4) is 5.75 Å². The fourth-order valence-corrected chi connectivity index (χ4v) is 2.00. The number of amides is 2. The van der Waals surface area contributed by atoms with Crippen molar-refractivity contribution >= 4 is 17.6 Å². The second-order valence-electron chi connectivity index (χ2n) is 5.15. The first-order chi connectivity index (χ1) is 11.0. The largest absolute Gasteiger partial charge is 0.497 e. The number of methoxy groups -OCH3 is 1. The van der Waals surface area contributed by atoms with Gasteiger partial charge in [0.2, 0.25) is 11.8 Å². The Bertz CT molecular complexity index is 696. The molecule has 7 nitrogen and oxygen atoms in total. The van der Waals surface area contributed by atoms with Crippen LogP contribution in [0.3, 0.4) is 0 Å². The van der Waals surface area contributed by atoms with Crippen molar-refractivity contribution in [2.24, 2.45) is 0 Å². The van der Waals surface area contributed by atoms with Crippen LogP contribution in [0.2, 0.25) is 0 Å². The lowest BCUT2D eigenvalue weighted by Crippen LogP contribution is -2.35. The van der Waals surface area contributed by atoms with Crippen LogP contribution in [0.1, 0.15) is 11.3 Å². The molecular weight excluding hydrogens is 298 g/mol. The average Bonchev–Trinajstić information content (AvgIpc) is 2.92. The Hall–Kier alpha value is -2.83. The molecule has 1 aromatic carbocycles. The summed E-state index contributed by atoms with van der Waals surface area (Å²) in [6.45, 7) is 1.67. The molecule has 1 aromatic heterocycles. The van der Waals surface area contributed by atoms with Crippen molar-refractivity contribution < 1.29 is 18.8 Å². The highest BCUT2D eigenvalue weighted by molar-refractivity contribution is 5.94. The Balaban J connectivity index is 1.87. The Morgan fingerprint density at radius 2 is 2.13 bits per heavy atom. The predicted molar refractivity (Wildman–Crippen MR) is 84.2 cm³/mol. The third-order valence-corrected chi connectivity index (χ3v) is 3.19. The minimum absolute atomic E-state index is 0.0608. The normalized spacial score (nSPS) is 10.2. The summed E-state index contributed by atoms with van der Waals surface area (Å²) in [4.78, 5) is 25.4. The number of hydrogen-bond donors (Lipinski definition) is 1. The smallest absolute Gasteiger partial charge is 0.245 e. The number of nitrogens with zero attached hydrogens (tertiary/aromatic N) is 2. The number of rotatable bonds is 6. The van der Waals surface area contributed by atoms with Gasteiger partial charge in [-0.3, -0.25) is 9.59 Å². The quantitative estimate of drug-likeness (QED) is 0.875. The molecule has 2 amide bonds. The van der Waals surface area contributed by atoms with E-state index in [-0.39, 0.29) is 24.8 Å². The fourth-order valence-electron chi connectivity index (χ4n) is 2.00. The lowest BCUT2D eigenvalue weighted by atomic mass is 10.1. The second-order valence-corrected chi connectivity index (χ2v) is 5.15. The van der Waals surface area contributed by atoms with Crippen LogP contribution in [-0.2, 0) is 16.0 Å². The maximum Gasteiger partial charge on any atom is 0.245 e. The monoisotopic (exact) mass is 317 g/mol. The van der Waals surface area contributed by atoms with Crippen molar-refractivity contribution in [2.75, 3.05) is 26.0 Å². The van der Waals surface area contributed by atoms with Gasteiger partial charge in [0.15, 0.2) is 5.82 Å². The number of carbonyl (C=O) groups excluding carboxylic acids is 2. The van der Waals surface area contributed by atoms with E-state index in [4.69, 9.17) is 9.26 Å². The molecule has 0 aliphatic rings. The summed E-state index contributed by atoms with van der Waals surface area (Å²) in [5, 5.41) is 6.24. The predicted octanol–water partition coefficient (Wildman–Crippen LogP) is 1.63. The van der Waals surface area contributed by atoms with Crippen LogP contribution < -0.4 is 10.1 Å². The summed E-state index contributed by atoms with van der Waals surface area (Å²) < 4.78 is 9.99. The van der Waals surface area contributed by atoms with Crippen LogP contribution in [0.5, 0.6) is 5.75 Å². The molecule has 2 rings (SSSR count). The molecule has 0 aliphatic heterocycles. The summed E-state index contributed by atoms with van der Waals surface area (Å²) >= 11 is 0. The van der Waals surface area contributed by atoms with Gasteiger partial charge in [-0.05, 0) is 24.6 Å². The molecule has 0 atom stereocenters. The molecule has 0 aliphatic carbocycles. The van der Waals surface area contributed by atoms with Gasteiger partial charge in [-0.1, -0.05) is 17.3 Å². The van der Waals surface area contributed by atoms with Crippen LogP contribution >= 0.6 is 0 Å². The number of benzene rings is 1. The number of aromatic nitrogens is 1. The van der Waals surface area contributed by atoms with Gasteiger partial charge >= 0.3 is 0 Å². The second kappa shape index (κ2) is 7.44. The SMILES string of the molecule is COc1cccc(CC(=O)N(C)CC(=O)Nc2cc(C)on2)c1. The molecule has 1 N–H and O–H groups in total. The number of anilines is 1. The van der Waals surface area contributed by atoms with E-state index in [0.29, 0.717) is 17.3 Å². The van der Waals surface area contributed by atoms with E-state index in [1.54, 1.807) is 33.2 Å². The highest BCUT2D eigenvalue weighted by Gasteiger charge is 2.15. The standard InChI is InChI=1S/C16H19N3O4/c1-11-7-14(18-23-11)17-15(20)10-19(2)16(21)9-12-5-4-6-13(8-12)22-3/h4-8H,9-10H2,1-3H3,(H,17,18,20). The molecule has 0 spiro atoms. The third kappa shape index (κ3) is 4.84. The number of hydrogen-bond acceptors (Lipinski definition) is 5. The van der Waals surface area contributed by atoms with Gasteiger partial charge < -0.3 is 19.5 Å². The third-order valence-electron chi connectivity index (χ3n) is 3.19. The molecule has 0 radical (unpaired) electrons. The Labute approximate surface area is 134 Å². The Morgan fingerprint density at radius 3 is 2.78 bits per heavy atom. The van der Waals surface area contributed by atoms with Gasteiger partial charge in [0.1, 0.15) is 11.5 Å². The minimum Gasteiger partial charge on any atom is -0.497 e. The summed E-state index contributed by atoms with van der Waals surface area (Å²) in [7, 11) is 3.15. The highest BCUT2D eigenvalue weighted by Crippen LogP contribution is 2.13. The van der Waals surface area contributed by atoms with Crippen LogP contribution in [-0.4, -0.2) is 42.6 Å². The van der Waals surface area contributed by atoms with Crippen LogP contribution in [0.25, 0.3) is 0 Å². The minimum atomic E-state index is -0.334. The molecule has 1 heterocycles. The number of nitrogens with one attached hydrogen (secondary N) is 1. The molecule has 2 aromatic rings. The molecule has 0 bridgehead atoms. The first-order valence-electron chi connectivity index (χ1n) is 7.08. The van der Waals surface area contributed by atoms with E-state index >= 15 is 0 Å². The highest BCUT2D eigenvalue weighted by atomic mass is 16.5. The zero-order valence-corrected chi connectivity index (χ0v) is 13.3. The van der Waals surface area contributed by atoms with Crippen molar-refractivity contribution in [1.29, 1.82) is 0 Å². The molecule has 0 fully saturated rings. The first-order valence-corrected chi connectivity index (χ1v) is 7.08. The molecule has 122 valence electrons. The van der Waals surface area contributed by atoms with E-state index in [1.165, 1.54) is 4.90 Å². The van der Waals surface area contributed by atoms with E-state index in [9.17, 15) is 9.59 Å². The van der Waals surface area contributed by atoms with Gasteiger partial charge in [-0.15, -0.1) is 0 Å². The lowest BCUT2D eigenvalue weighted by Gasteiger charge is -2.16. The average molecular weight is 317 g/mol. The number of ether oxygens (including phenoxy) is 1. The number of likely N-dealkylation sites (N-methyl/N-ethyl adjacent to an activating group) is 1. The van der Waals surface area contributed by atoms with Crippen molar-refractivity contribution in [3.05, 3.63) is 41.7 Å². The van der Waals surface area contributed by atoms with Crippen LogP contribution in [0.4, 0.5) is 5.82 Å². The van der Waals surface area contributed by atoms with Crippen molar-refractivity contribution in [3.63, 3.8) is 0 Å². The molecule has 0 saturated carbocycles. The zero-order valence-electron chi connectivity index (χ0n) is 13.3. The van der Waals surface area contributed by atoms with Crippen molar-refractivity contribution in [1.82, 2.24) is 10.1 Å². The molecule has 7 heteroatoms. The summed E-state index contributed by atoms with van der Waals surface area (Å²) in [5.74, 6) is 1.13. The maximum atomic E-state index is 12.2. The Morgan fingerprint density at radius 1 is 1.35 bits per heavy atom. The van der Waals surface area contributed by atoms with Crippen molar-refractivity contribution in [2.45, 2.75) is 13.3 Å². The van der Waals surface area contributed by atoms with Crippen LogP contribution in [0.15, 0.2) is 34.9 Å². The molecule has 0 saturated heterocycles. The van der Waals surface area contributed by atoms with Gasteiger partial charge in [-0.25, -0.2) is 0 Å². The molecule has 23 heavy (non-hydrogen) atoms. The fraction of sp³-hybridized carbons (Fsp3) is 0.312. The maximum absolute atomic E-state index is 12.2.